The van der Waals surface area contributed by atoms with E-state index in [2.05, 4.69) is 5.32 Å². The summed E-state index contributed by atoms with van der Waals surface area (Å²) in [6.07, 6.45) is 0.806. The molecule has 1 amide bonds. The van der Waals surface area contributed by atoms with Gasteiger partial charge in [0, 0.05) is 17.3 Å². The van der Waals surface area contributed by atoms with Crippen LogP contribution in [-0.2, 0) is 6.42 Å². The normalized spacial score (nSPS) is 12.8. The summed E-state index contributed by atoms with van der Waals surface area (Å²) < 4.78 is 11.2. The number of benzene rings is 2. The van der Waals surface area contributed by atoms with Crippen LogP contribution in [0.4, 0.5) is 5.69 Å². The van der Waals surface area contributed by atoms with Crippen molar-refractivity contribution in [2.24, 2.45) is 0 Å². The predicted octanol–water partition coefficient (Wildman–Crippen LogP) is 3.58. The first-order valence-corrected chi connectivity index (χ1v) is 7.48. The second-order valence-corrected chi connectivity index (χ2v) is 5.33. The molecule has 0 radical (unpaired) electrons. The Morgan fingerprint density at radius 3 is 2.36 bits per heavy atom. The maximum absolute atomic E-state index is 12.4. The van der Waals surface area contributed by atoms with Gasteiger partial charge in [-0.25, -0.2) is 0 Å². The average molecular weight is 297 g/mol. The van der Waals surface area contributed by atoms with E-state index in [1.165, 1.54) is 0 Å². The molecule has 0 spiro atoms. The number of fused-ring (bicyclic) bond motifs is 1. The van der Waals surface area contributed by atoms with Gasteiger partial charge in [0.15, 0.2) is 11.5 Å². The lowest BCUT2D eigenvalue weighted by atomic mass is 10.1. The second kappa shape index (κ2) is 6.10. The van der Waals surface area contributed by atoms with Crippen LogP contribution in [-0.4, -0.2) is 19.1 Å². The zero-order valence-corrected chi connectivity index (χ0v) is 12.8. The van der Waals surface area contributed by atoms with Crippen molar-refractivity contribution in [1.29, 1.82) is 0 Å². The van der Waals surface area contributed by atoms with Gasteiger partial charge >= 0.3 is 0 Å². The highest BCUT2D eigenvalue weighted by Gasteiger charge is 2.16. The van der Waals surface area contributed by atoms with Crippen molar-refractivity contribution in [3.05, 3.63) is 53.1 Å². The number of hydrogen-bond acceptors (Lipinski definition) is 3. The summed E-state index contributed by atoms with van der Waals surface area (Å²) in [6, 6.07) is 11.3. The molecular formula is C18H19NO3. The fourth-order valence-corrected chi connectivity index (χ4v) is 2.44. The third kappa shape index (κ3) is 2.91. The van der Waals surface area contributed by atoms with E-state index in [1.807, 2.05) is 50.2 Å². The summed E-state index contributed by atoms with van der Waals surface area (Å²) >= 11 is 0. The van der Waals surface area contributed by atoms with E-state index in [4.69, 9.17) is 9.47 Å². The molecule has 2 aromatic rings. The molecule has 0 aromatic heterocycles. The van der Waals surface area contributed by atoms with E-state index in [0.717, 1.165) is 29.0 Å². The van der Waals surface area contributed by atoms with Crippen LogP contribution in [0.5, 0.6) is 11.5 Å². The third-order valence-electron chi connectivity index (χ3n) is 3.71. The lowest BCUT2D eigenvalue weighted by Gasteiger charge is -2.21. The largest absolute Gasteiger partial charge is 0.486 e. The van der Waals surface area contributed by atoms with Crippen molar-refractivity contribution in [2.75, 3.05) is 18.5 Å². The Kier molecular flexibility index (Phi) is 4.00. The van der Waals surface area contributed by atoms with Crippen molar-refractivity contribution in [3.63, 3.8) is 0 Å². The highest BCUT2D eigenvalue weighted by Crippen LogP contribution is 2.36. The summed E-state index contributed by atoms with van der Waals surface area (Å²) in [7, 11) is 0. The van der Waals surface area contributed by atoms with Gasteiger partial charge in [-0.1, -0.05) is 24.6 Å². The Hall–Kier alpha value is -2.49. The van der Waals surface area contributed by atoms with E-state index in [-0.39, 0.29) is 5.91 Å². The minimum Gasteiger partial charge on any atom is -0.486 e. The van der Waals surface area contributed by atoms with Gasteiger partial charge in [-0.15, -0.1) is 0 Å². The van der Waals surface area contributed by atoms with E-state index in [0.29, 0.717) is 24.5 Å². The van der Waals surface area contributed by atoms with E-state index in [1.54, 1.807) is 0 Å². The van der Waals surface area contributed by atoms with Crippen LogP contribution in [0.2, 0.25) is 0 Å². The van der Waals surface area contributed by atoms with Crippen molar-refractivity contribution in [3.8, 4) is 11.5 Å². The Morgan fingerprint density at radius 2 is 1.73 bits per heavy atom. The molecule has 114 valence electrons. The zero-order valence-electron chi connectivity index (χ0n) is 12.8. The average Bonchev–Trinajstić information content (AvgIpc) is 2.54. The standard InChI is InChI=1S/C18H19NO3/c1-3-13-10-16-17(22-9-8-21-16)11-15(13)19-18(20)14-6-4-12(2)5-7-14/h4-7,10-11H,3,8-9H2,1-2H3,(H,19,20). The molecule has 0 aliphatic carbocycles. The van der Waals surface area contributed by atoms with Gasteiger partial charge in [0.1, 0.15) is 13.2 Å². The van der Waals surface area contributed by atoms with Crippen LogP contribution >= 0.6 is 0 Å². The number of nitrogens with one attached hydrogen (secondary N) is 1. The molecule has 0 saturated heterocycles. The highest BCUT2D eigenvalue weighted by atomic mass is 16.6. The molecule has 0 bridgehead atoms. The molecule has 0 atom stereocenters. The Bertz CT molecular complexity index is 692. The minimum atomic E-state index is -0.119. The third-order valence-corrected chi connectivity index (χ3v) is 3.71. The SMILES string of the molecule is CCc1cc2c(cc1NC(=O)c1ccc(C)cc1)OCCO2. The first kappa shape index (κ1) is 14.4. The number of carbonyl (C=O) groups is 1. The van der Waals surface area contributed by atoms with Gasteiger partial charge in [-0.3, -0.25) is 4.79 Å². The summed E-state index contributed by atoms with van der Waals surface area (Å²) in [5.74, 6) is 1.31. The van der Waals surface area contributed by atoms with E-state index < -0.39 is 0 Å². The van der Waals surface area contributed by atoms with Crippen molar-refractivity contribution < 1.29 is 14.3 Å². The van der Waals surface area contributed by atoms with Crippen LogP contribution in [0.1, 0.15) is 28.4 Å². The maximum Gasteiger partial charge on any atom is 0.255 e. The number of anilines is 1. The summed E-state index contributed by atoms with van der Waals surface area (Å²) in [5, 5.41) is 2.97. The van der Waals surface area contributed by atoms with Crippen LogP contribution in [0, 0.1) is 6.92 Å². The molecule has 1 heterocycles. The lowest BCUT2D eigenvalue weighted by Crippen LogP contribution is -2.17. The van der Waals surface area contributed by atoms with Crippen LogP contribution in [0.25, 0.3) is 0 Å². The van der Waals surface area contributed by atoms with Gasteiger partial charge in [-0.05, 0) is 37.1 Å². The number of amides is 1. The molecule has 1 N–H and O–H groups in total. The second-order valence-electron chi connectivity index (χ2n) is 5.33. The topological polar surface area (TPSA) is 47.6 Å². The molecule has 0 saturated carbocycles. The van der Waals surface area contributed by atoms with E-state index in [9.17, 15) is 4.79 Å². The van der Waals surface area contributed by atoms with Crippen molar-refractivity contribution in [1.82, 2.24) is 0 Å². The first-order valence-electron chi connectivity index (χ1n) is 7.48. The number of hydrogen-bond donors (Lipinski definition) is 1. The number of carbonyl (C=O) groups excluding carboxylic acids is 1. The summed E-state index contributed by atoms with van der Waals surface area (Å²) in [6.45, 7) is 5.14. The Morgan fingerprint density at radius 1 is 1.09 bits per heavy atom. The minimum absolute atomic E-state index is 0.119. The van der Waals surface area contributed by atoms with Crippen LogP contribution in [0.3, 0.4) is 0 Å². The molecule has 1 aliphatic heterocycles. The first-order chi connectivity index (χ1) is 10.7. The molecular weight excluding hydrogens is 278 g/mol. The molecule has 1 aliphatic rings. The van der Waals surface area contributed by atoms with Gasteiger partial charge < -0.3 is 14.8 Å². The van der Waals surface area contributed by atoms with Gasteiger partial charge in [0.2, 0.25) is 0 Å². The maximum atomic E-state index is 12.4. The quantitative estimate of drug-likeness (QED) is 0.942. The fraction of sp³-hybridized carbons (Fsp3) is 0.278. The molecule has 2 aromatic carbocycles. The summed E-state index contributed by atoms with van der Waals surface area (Å²) in [5.41, 5.74) is 3.58. The molecule has 22 heavy (non-hydrogen) atoms. The molecule has 0 fully saturated rings. The summed E-state index contributed by atoms with van der Waals surface area (Å²) in [4.78, 5) is 12.4. The Labute approximate surface area is 130 Å². The molecule has 4 nitrogen and oxygen atoms in total. The predicted molar refractivity (Wildman–Crippen MR) is 85.9 cm³/mol. The van der Waals surface area contributed by atoms with Crippen molar-refractivity contribution >= 4 is 11.6 Å². The van der Waals surface area contributed by atoms with Gasteiger partial charge in [0.25, 0.3) is 5.91 Å². The fourth-order valence-electron chi connectivity index (χ4n) is 2.44. The monoisotopic (exact) mass is 297 g/mol. The molecule has 4 heteroatoms. The number of aryl methyl sites for hydroxylation is 2. The van der Waals surface area contributed by atoms with Gasteiger partial charge in [-0.2, -0.15) is 0 Å². The number of rotatable bonds is 3. The van der Waals surface area contributed by atoms with Crippen molar-refractivity contribution in [2.45, 2.75) is 20.3 Å². The smallest absolute Gasteiger partial charge is 0.255 e. The Balaban J connectivity index is 1.87. The molecule has 3 rings (SSSR count). The van der Waals surface area contributed by atoms with Crippen LogP contribution in [0.15, 0.2) is 36.4 Å². The molecule has 0 unspecified atom stereocenters. The highest BCUT2D eigenvalue weighted by molar-refractivity contribution is 6.04. The van der Waals surface area contributed by atoms with Gasteiger partial charge in [0.05, 0.1) is 0 Å². The lowest BCUT2D eigenvalue weighted by molar-refractivity contribution is 0.102. The van der Waals surface area contributed by atoms with Crippen LogP contribution < -0.4 is 14.8 Å². The zero-order chi connectivity index (χ0) is 15.5. The number of ether oxygens (including phenoxy) is 2. The van der Waals surface area contributed by atoms with E-state index >= 15 is 0 Å².